The number of methoxy groups -OCH3 is 1. The minimum atomic E-state index is 0.113. The Bertz CT molecular complexity index is 350. The molecule has 2 rings (SSSR count). The fraction of sp³-hybridized carbons (Fsp3) is 0.727. The van der Waals surface area contributed by atoms with E-state index in [1.165, 1.54) is 12.8 Å². The van der Waals surface area contributed by atoms with E-state index in [4.69, 9.17) is 4.74 Å². The van der Waals surface area contributed by atoms with Gasteiger partial charge in [-0.05, 0) is 12.8 Å². The van der Waals surface area contributed by atoms with Crippen molar-refractivity contribution in [1.82, 2.24) is 4.98 Å². The lowest BCUT2D eigenvalue weighted by atomic mass is 10.2. The highest BCUT2D eigenvalue weighted by Crippen LogP contribution is 2.44. The Balaban J connectivity index is 2.08. The molecule has 0 unspecified atom stereocenters. The van der Waals surface area contributed by atoms with Crippen molar-refractivity contribution in [2.24, 2.45) is 0 Å². The van der Waals surface area contributed by atoms with Gasteiger partial charge in [-0.25, -0.2) is 4.98 Å². The third-order valence-electron chi connectivity index (χ3n) is 2.78. The molecule has 1 aliphatic rings. The van der Waals surface area contributed by atoms with Gasteiger partial charge in [0.25, 0.3) is 0 Å². The van der Waals surface area contributed by atoms with Crippen molar-refractivity contribution in [3.63, 3.8) is 0 Å². The van der Waals surface area contributed by atoms with Crippen LogP contribution >= 0.6 is 11.3 Å². The number of aliphatic hydroxyl groups is 1. The van der Waals surface area contributed by atoms with Crippen LogP contribution in [0.5, 0.6) is 0 Å². The van der Waals surface area contributed by atoms with Crippen molar-refractivity contribution in [1.29, 1.82) is 0 Å². The van der Waals surface area contributed by atoms with Crippen LogP contribution in [0.4, 0.5) is 5.13 Å². The minimum absolute atomic E-state index is 0.113. The largest absolute Gasteiger partial charge is 0.391 e. The molecule has 0 aromatic carbocycles. The fourth-order valence-corrected chi connectivity index (χ4v) is 2.62. The van der Waals surface area contributed by atoms with E-state index in [1.807, 2.05) is 7.05 Å². The smallest absolute Gasteiger partial charge is 0.185 e. The van der Waals surface area contributed by atoms with Gasteiger partial charge in [-0.15, -0.1) is 0 Å². The molecule has 1 N–H and O–H groups in total. The number of aromatic nitrogens is 1. The molecular formula is C11H18N2O2S. The Morgan fingerprint density at radius 1 is 1.56 bits per heavy atom. The van der Waals surface area contributed by atoms with Gasteiger partial charge in [0, 0.05) is 26.6 Å². The van der Waals surface area contributed by atoms with E-state index in [9.17, 15) is 5.11 Å². The van der Waals surface area contributed by atoms with Crippen molar-refractivity contribution in [2.75, 3.05) is 32.2 Å². The van der Waals surface area contributed by atoms with Crippen LogP contribution in [0.25, 0.3) is 0 Å². The Hall–Kier alpha value is -0.650. The Morgan fingerprint density at radius 2 is 2.31 bits per heavy atom. The van der Waals surface area contributed by atoms with Crippen molar-refractivity contribution in [3.8, 4) is 0 Å². The number of hydrogen-bond acceptors (Lipinski definition) is 5. The first-order chi connectivity index (χ1) is 7.76. The molecule has 1 saturated carbocycles. The number of ether oxygens (including phenoxy) is 1. The predicted octanol–water partition coefficient (Wildman–Crippen LogP) is 1.60. The molecular weight excluding hydrogens is 224 g/mol. The zero-order valence-corrected chi connectivity index (χ0v) is 10.6. The van der Waals surface area contributed by atoms with E-state index in [-0.39, 0.29) is 6.61 Å². The van der Waals surface area contributed by atoms with Gasteiger partial charge in [0.15, 0.2) is 5.13 Å². The van der Waals surface area contributed by atoms with Crippen LogP contribution in [-0.2, 0) is 11.3 Å². The van der Waals surface area contributed by atoms with E-state index in [1.54, 1.807) is 18.4 Å². The minimum Gasteiger partial charge on any atom is -0.391 e. The van der Waals surface area contributed by atoms with E-state index < -0.39 is 0 Å². The highest BCUT2D eigenvalue weighted by atomic mass is 32.1. The summed E-state index contributed by atoms with van der Waals surface area (Å²) in [7, 11) is 3.71. The molecule has 0 bridgehead atoms. The highest BCUT2D eigenvalue weighted by Gasteiger charge is 2.29. The molecule has 1 aromatic rings. The van der Waals surface area contributed by atoms with Gasteiger partial charge in [-0.3, -0.25) is 0 Å². The molecule has 1 fully saturated rings. The summed E-state index contributed by atoms with van der Waals surface area (Å²) in [4.78, 5) is 7.74. The second-order valence-electron chi connectivity index (χ2n) is 4.15. The van der Waals surface area contributed by atoms with Gasteiger partial charge < -0.3 is 14.7 Å². The van der Waals surface area contributed by atoms with Gasteiger partial charge in [0.2, 0.25) is 0 Å². The van der Waals surface area contributed by atoms with E-state index in [2.05, 4.69) is 9.88 Å². The summed E-state index contributed by atoms with van der Waals surface area (Å²) in [5.74, 6) is 0.600. The lowest BCUT2D eigenvalue weighted by Gasteiger charge is -2.14. The predicted molar refractivity (Wildman–Crippen MR) is 65.2 cm³/mol. The van der Waals surface area contributed by atoms with E-state index in [0.717, 1.165) is 22.2 Å². The van der Waals surface area contributed by atoms with Crippen LogP contribution < -0.4 is 4.90 Å². The SMILES string of the molecule is COCCN(C)c1nc(C2CC2)c(CO)s1. The average Bonchev–Trinajstić information content (AvgIpc) is 3.05. The third kappa shape index (κ3) is 2.53. The standard InChI is InChI=1S/C11H18N2O2S/c1-13(5-6-15-2)11-12-10(8-3-4-8)9(7-14)16-11/h8,14H,3-7H2,1-2H3. The van der Waals surface area contributed by atoms with Crippen molar-refractivity contribution >= 4 is 16.5 Å². The summed E-state index contributed by atoms with van der Waals surface area (Å²) >= 11 is 1.60. The van der Waals surface area contributed by atoms with Crippen molar-refractivity contribution in [3.05, 3.63) is 10.6 Å². The number of rotatable bonds is 6. The monoisotopic (exact) mass is 242 g/mol. The maximum Gasteiger partial charge on any atom is 0.185 e. The topological polar surface area (TPSA) is 45.6 Å². The lowest BCUT2D eigenvalue weighted by molar-refractivity contribution is 0.206. The van der Waals surface area contributed by atoms with Crippen molar-refractivity contribution in [2.45, 2.75) is 25.4 Å². The zero-order chi connectivity index (χ0) is 11.5. The molecule has 4 nitrogen and oxygen atoms in total. The maximum absolute atomic E-state index is 9.29. The van der Waals surface area contributed by atoms with Crippen LogP contribution in [-0.4, -0.2) is 37.4 Å². The third-order valence-corrected chi connectivity index (χ3v) is 3.95. The quantitative estimate of drug-likeness (QED) is 0.823. The number of thiazole rings is 1. The zero-order valence-electron chi connectivity index (χ0n) is 9.77. The number of nitrogens with zero attached hydrogens (tertiary/aromatic N) is 2. The van der Waals surface area contributed by atoms with Crippen LogP contribution in [0.1, 0.15) is 29.3 Å². The summed E-state index contributed by atoms with van der Waals surface area (Å²) in [6.45, 7) is 1.64. The lowest BCUT2D eigenvalue weighted by Crippen LogP contribution is -2.21. The molecule has 0 radical (unpaired) electrons. The van der Waals surface area contributed by atoms with E-state index in [0.29, 0.717) is 12.5 Å². The molecule has 0 spiro atoms. The summed E-state index contributed by atoms with van der Waals surface area (Å²) in [6.07, 6.45) is 2.44. The number of likely N-dealkylation sites (N-methyl/N-ethyl adjacent to an activating group) is 1. The first kappa shape index (κ1) is 11.8. The molecule has 5 heteroatoms. The Kier molecular flexibility index (Phi) is 3.78. The number of hydrogen-bond donors (Lipinski definition) is 1. The maximum atomic E-state index is 9.29. The first-order valence-corrected chi connectivity index (χ1v) is 6.38. The van der Waals surface area contributed by atoms with Gasteiger partial charge >= 0.3 is 0 Å². The van der Waals surface area contributed by atoms with E-state index >= 15 is 0 Å². The molecule has 0 atom stereocenters. The summed E-state index contributed by atoms with van der Waals surface area (Å²) in [5, 5.41) is 10.3. The second kappa shape index (κ2) is 5.12. The van der Waals surface area contributed by atoms with Gasteiger partial charge in [0.05, 0.1) is 23.8 Å². The Labute approximate surface area is 99.9 Å². The van der Waals surface area contributed by atoms with Crippen molar-refractivity contribution < 1.29 is 9.84 Å². The van der Waals surface area contributed by atoms with Crippen LogP contribution in [0.15, 0.2) is 0 Å². The molecule has 1 heterocycles. The van der Waals surface area contributed by atoms with Crippen LogP contribution in [0, 0.1) is 0 Å². The van der Waals surface area contributed by atoms with Crippen LogP contribution in [0.3, 0.4) is 0 Å². The molecule has 16 heavy (non-hydrogen) atoms. The van der Waals surface area contributed by atoms with Gasteiger partial charge in [-0.2, -0.15) is 0 Å². The summed E-state index contributed by atoms with van der Waals surface area (Å²) in [5.41, 5.74) is 1.12. The molecule has 0 aliphatic heterocycles. The molecule has 90 valence electrons. The van der Waals surface area contributed by atoms with Crippen LogP contribution in [0.2, 0.25) is 0 Å². The van der Waals surface area contributed by atoms with Gasteiger partial charge in [0.1, 0.15) is 0 Å². The summed E-state index contributed by atoms with van der Waals surface area (Å²) < 4.78 is 5.04. The highest BCUT2D eigenvalue weighted by molar-refractivity contribution is 7.15. The molecule has 0 saturated heterocycles. The Morgan fingerprint density at radius 3 is 2.88 bits per heavy atom. The molecule has 0 amide bonds. The first-order valence-electron chi connectivity index (χ1n) is 5.56. The molecule has 1 aromatic heterocycles. The summed E-state index contributed by atoms with van der Waals surface area (Å²) in [6, 6.07) is 0. The molecule has 1 aliphatic carbocycles. The van der Waals surface area contributed by atoms with Gasteiger partial charge in [-0.1, -0.05) is 11.3 Å². The average molecular weight is 242 g/mol. The fourth-order valence-electron chi connectivity index (χ4n) is 1.63. The normalized spacial score (nSPS) is 15.4. The number of anilines is 1. The number of aliphatic hydroxyl groups excluding tert-OH is 1. The second-order valence-corrected chi connectivity index (χ2v) is 5.21.